The van der Waals surface area contributed by atoms with Crippen LogP contribution < -0.4 is 4.74 Å². The average molecular weight is 381 g/mol. The Balaban J connectivity index is 0.00000225. The molecule has 1 aliphatic rings. The van der Waals surface area contributed by atoms with E-state index in [1.807, 2.05) is 24.3 Å². The average Bonchev–Trinajstić information content (AvgIpc) is 2.82. The van der Waals surface area contributed by atoms with Crippen molar-refractivity contribution in [3.05, 3.63) is 64.8 Å². The minimum absolute atomic E-state index is 0. The molecule has 0 bridgehead atoms. The zero-order valence-corrected chi connectivity index (χ0v) is 16.4. The van der Waals surface area contributed by atoms with Crippen LogP contribution in [0.1, 0.15) is 35.9 Å². The maximum absolute atomic E-state index is 10.9. The lowest BCUT2D eigenvalue weighted by molar-refractivity contribution is 0.157. The Morgan fingerprint density at radius 2 is 1.79 bits per heavy atom. The lowest BCUT2D eigenvalue weighted by Crippen LogP contribution is -2.21. The molecule has 0 amide bonds. The number of methoxy groups -OCH3 is 1. The molecule has 0 aliphatic carbocycles. The molecule has 0 radical (unpaired) electrons. The number of hydrogen-bond donors (Lipinski definition) is 1. The van der Waals surface area contributed by atoms with Crippen LogP contribution in [0.25, 0.3) is 10.9 Å². The molecular weight excluding hydrogens is 348 g/mol. The van der Waals surface area contributed by atoms with Crippen LogP contribution in [0, 0.1) is 6.92 Å². The van der Waals surface area contributed by atoms with Gasteiger partial charge in [0.1, 0.15) is 5.75 Å². The summed E-state index contributed by atoms with van der Waals surface area (Å²) < 4.78 is 7.58. The van der Waals surface area contributed by atoms with Crippen molar-refractivity contribution < 1.29 is 9.84 Å². The second kappa shape index (κ2) is 8.38. The number of hydrogen-bond acceptors (Lipinski definition) is 3. The SMILES string of the molecule is C.COc1ccc(C(O)Cn2c3c(c4cc(C)ccc42)CCN(C)CC3)cc1. The van der Waals surface area contributed by atoms with Crippen molar-refractivity contribution >= 4 is 10.9 Å². The fraction of sp³-hybridized carbons (Fsp3) is 0.417. The molecule has 0 saturated carbocycles. The summed E-state index contributed by atoms with van der Waals surface area (Å²) in [6.45, 7) is 4.87. The largest absolute Gasteiger partial charge is 0.497 e. The normalized spacial score (nSPS) is 15.6. The molecule has 1 aromatic heterocycles. The highest BCUT2D eigenvalue weighted by Gasteiger charge is 2.22. The molecule has 2 aromatic carbocycles. The summed E-state index contributed by atoms with van der Waals surface area (Å²) in [5.74, 6) is 0.810. The Morgan fingerprint density at radius 1 is 1.07 bits per heavy atom. The van der Waals surface area contributed by atoms with Crippen LogP contribution in [0.5, 0.6) is 5.75 Å². The first-order valence-electron chi connectivity index (χ1n) is 9.68. The first-order valence-corrected chi connectivity index (χ1v) is 9.68. The smallest absolute Gasteiger partial charge is 0.118 e. The topological polar surface area (TPSA) is 37.6 Å². The van der Waals surface area contributed by atoms with Crippen LogP contribution in [0.3, 0.4) is 0 Å². The third-order valence-corrected chi connectivity index (χ3v) is 5.77. The third kappa shape index (κ3) is 3.80. The highest BCUT2D eigenvalue weighted by molar-refractivity contribution is 5.86. The maximum Gasteiger partial charge on any atom is 0.118 e. The van der Waals surface area contributed by atoms with Gasteiger partial charge in [0, 0.05) is 36.1 Å². The zero-order valence-electron chi connectivity index (χ0n) is 16.4. The number of aromatic nitrogens is 1. The molecule has 4 heteroatoms. The molecular formula is C24H32N2O2. The molecule has 28 heavy (non-hydrogen) atoms. The number of fused-ring (bicyclic) bond motifs is 3. The lowest BCUT2D eigenvalue weighted by Gasteiger charge is -2.17. The van der Waals surface area contributed by atoms with Crippen LogP contribution in [0.15, 0.2) is 42.5 Å². The molecule has 1 unspecified atom stereocenters. The van der Waals surface area contributed by atoms with Gasteiger partial charge in [-0.25, -0.2) is 0 Å². The number of aryl methyl sites for hydroxylation is 1. The number of rotatable bonds is 4. The fourth-order valence-electron chi connectivity index (χ4n) is 4.18. The van der Waals surface area contributed by atoms with Gasteiger partial charge in [-0.3, -0.25) is 0 Å². The number of likely N-dealkylation sites (N-methyl/N-ethyl adjacent to an activating group) is 1. The summed E-state index contributed by atoms with van der Waals surface area (Å²) >= 11 is 0. The first-order chi connectivity index (χ1) is 13.1. The van der Waals surface area contributed by atoms with Gasteiger partial charge in [0.15, 0.2) is 0 Å². The molecule has 0 saturated heterocycles. The van der Waals surface area contributed by atoms with E-state index in [1.165, 1.54) is 27.7 Å². The van der Waals surface area contributed by atoms with Gasteiger partial charge >= 0.3 is 0 Å². The predicted octanol–water partition coefficient (Wildman–Crippen LogP) is 4.36. The molecule has 0 fully saturated rings. The number of aliphatic hydroxyl groups is 1. The van der Waals surface area contributed by atoms with Crippen molar-refractivity contribution in [1.82, 2.24) is 9.47 Å². The van der Waals surface area contributed by atoms with E-state index in [9.17, 15) is 5.11 Å². The van der Waals surface area contributed by atoms with Crippen molar-refractivity contribution in [3.63, 3.8) is 0 Å². The van der Waals surface area contributed by atoms with Crippen molar-refractivity contribution in [2.24, 2.45) is 0 Å². The summed E-state index contributed by atoms with van der Waals surface area (Å²) in [5.41, 5.74) is 6.29. The molecule has 1 N–H and O–H groups in total. The highest BCUT2D eigenvalue weighted by Crippen LogP contribution is 2.32. The summed E-state index contributed by atoms with van der Waals surface area (Å²) in [5, 5.41) is 12.3. The Labute approximate surface area is 168 Å². The Bertz CT molecular complexity index is 943. The second-order valence-corrected chi connectivity index (χ2v) is 7.65. The van der Waals surface area contributed by atoms with E-state index in [-0.39, 0.29) is 7.43 Å². The summed E-state index contributed by atoms with van der Waals surface area (Å²) in [4.78, 5) is 2.39. The van der Waals surface area contributed by atoms with E-state index in [2.05, 4.69) is 41.6 Å². The predicted molar refractivity (Wildman–Crippen MR) is 116 cm³/mol. The van der Waals surface area contributed by atoms with E-state index in [4.69, 9.17) is 4.74 Å². The van der Waals surface area contributed by atoms with E-state index in [1.54, 1.807) is 7.11 Å². The van der Waals surface area contributed by atoms with Crippen LogP contribution in [0.4, 0.5) is 0 Å². The van der Waals surface area contributed by atoms with Crippen molar-refractivity contribution in [1.29, 1.82) is 0 Å². The first kappa shape index (κ1) is 20.4. The van der Waals surface area contributed by atoms with Crippen molar-refractivity contribution in [2.45, 2.75) is 39.8 Å². The zero-order chi connectivity index (χ0) is 19.0. The fourth-order valence-corrected chi connectivity index (χ4v) is 4.18. The lowest BCUT2D eigenvalue weighted by atomic mass is 10.1. The van der Waals surface area contributed by atoms with Gasteiger partial charge in [-0.15, -0.1) is 0 Å². The summed E-state index contributed by atoms with van der Waals surface area (Å²) in [7, 11) is 3.85. The van der Waals surface area contributed by atoms with Crippen LogP contribution in [0.2, 0.25) is 0 Å². The molecule has 0 spiro atoms. The monoisotopic (exact) mass is 380 g/mol. The Morgan fingerprint density at radius 3 is 2.50 bits per heavy atom. The van der Waals surface area contributed by atoms with Gasteiger partial charge in [-0.1, -0.05) is 31.2 Å². The Hall–Kier alpha value is -2.30. The molecule has 3 aromatic rings. The molecule has 150 valence electrons. The van der Waals surface area contributed by atoms with E-state index < -0.39 is 6.10 Å². The number of benzene rings is 2. The molecule has 2 heterocycles. The standard InChI is InChI=1S/C23H28N2O2.CH4/c1-16-4-9-21-20(14-16)19-10-12-24(2)13-11-22(19)25(21)15-23(26)17-5-7-18(27-3)8-6-17;/h4-9,14,23,26H,10-13,15H2,1-3H3;1H4. The molecule has 1 atom stereocenters. The van der Waals surface area contributed by atoms with Gasteiger partial charge in [0.2, 0.25) is 0 Å². The number of aliphatic hydroxyl groups excluding tert-OH is 1. The third-order valence-electron chi connectivity index (χ3n) is 5.77. The summed E-state index contributed by atoms with van der Waals surface area (Å²) in [6.07, 6.45) is 1.55. The van der Waals surface area contributed by atoms with Crippen molar-refractivity contribution in [2.75, 3.05) is 27.2 Å². The molecule has 4 rings (SSSR count). The molecule has 4 nitrogen and oxygen atoms in total. The van der Waals surface area contributed by atoms with Gasteiger partial charge in [-0.05, 0) is 55.8 Å². The van der Waals surface area contributed by atoms with Gasteiger partial charge in [0.25, 0.3) is 0 Å². The quantitative estimate of drug-likeness (QED) is 0.731. The van der Waals surface area contributed by atoms with Gasteiger partial charge < -0.3 is 19.3 Å². The number of ether oxygens (including phenoxy) is 1. The van der Waals surface area contributed by atoms with E-state index in [0.29, 0.717) is 6.54 Å². The minimum Gasteiger partial charge on any atom is -0.497 e. The van der Waals surface area contributed by atoms with Crippen LogP contribution in [-0.4, -0.2) is 41.8 Å². The summed E-state index contributed by atoms with van der Waals surface area (Å²) in [6, 6.07) is 14.4. The van der Waals surface area contributed by atoms with Gasteiger partial charge in [0.05, 0.1) is 19.8 Å². The minimum atomic E-state index is -0.544. The van der Waals surface area contributed by atoms with E-state index in [0.717, 1.165) is 37.2 Å². The maximum atomic E-state index is 10.9. The van der Waals surface area contributed by atoms with E-state index >= 15 is 0 Å². The number of nitrogens with zero attached hydrogens (tertiary/aromatic N) is 2. The van der Waals surface area contributed by atoms with Crippen LogP contribution >= 0.6 is 0 Å². The van der Waals surface area contributed by atoms with Crippen LogP contribution in [-0.2, 0) is 19.4 Å². The van der Waals surface area contributed by atoms with Gasteiger partial charge in [-0.2, -0.15) is 0 Å². The molecule has 1 aliphatic heterocycles. The second-order valence-electron chi connectivity index (χ2n) is 7.65. The highest BCUT2D eigenvalue weighted by atomic mass is 16.5. The Kier molecular flexibility index (Phi) is 6.11. The van der Waals surface area contributed by atoms with Crippen molar-refractivity contribution in [3.8, 4) is 5.75 Å².